The maximum absolute atomic E-state index is 12.2. The fraction of sp³-hybridized carbons (Fsp3) is 0.143. The molecule has 1 aromatic rings. The van der Waals surface area contributed by atoms with Crippen LogP contribution in [0.1, 0.15) is 11.3 Å². The molecule has 0 radical (unpaired) electrons. The van der Waals surface area contributed by atoms with Gasteiger partial charge in [-0.25, -0.2) is 0 Å². The minimum Gasteiger partial charge on any atom is -0.411 e. The Labute approximate surface area is 71.5 Å². The zero-order valence-electron chi connectivity index (χ0n) is 6.28. The topological polar surface area (TPSA) is 45.5 Å². The third kappa shape index (κ3) is 2.17. The van der Waals surface area contributed by atoms with Gasteiger partial charge in [0.05, 0.1) is 17.5 Å². The lowest BCUT2D eigenvalue weighted by atomic mass is 10.2. The highest BCUT2D eigenvalue weighted by atomic mass is 19.4. The number of nitrogens with zero attached hydrogens (tertiary/aromatic N) is 2. The molecule has 0 amide bonds. The molecular formula is C7H5F3N2O. The van der Waals surface area contributed by atoms with Crippen molar-refractivity contribution in [1.82, 2.24) is 4.98 Å². The van der Waals surface area contributed by atoms with E-state index in [9.17, 15) is 13.2 Å². The average Bonchev–Trinajstić information content (AvgIpc) is 2.04. The van der Waals surface area contributed by atoms with Gasteiger partial charge in [0.1, 0.15) is 0 Å². The summed E-state index contributed by atoms with van der Waals surface area (Å²) >= 11 is 0. The summed E-state index contributed by atoms with van der Waals surface area (Å²) in [7, 11) is 0. The summed E-state index contributed by atoms with van der Waals surface area (Å²) < 4.78 is 36.6. The Kier molecular flexibility index (Phi) is 2.50. The lowest BCUT2D eigenvalue weighted by Gasteiger charge is -2.07. The highest BCUT2D eigenvalue weighted by Crippen LogP contribution is 2.30. The fourth-order valence-corrected chi connectivity index (χ4v) is 0.815. The number of oxime groups is 1. The van der Waals surface area contributed by atoms with Gasteiger partial charge >= 0.3 is 6.18 Å². The number of aromatic nitrogens is 1. The van der Waals surface area contributed by atoms with Crippen LogP contribution in [-0.4, -0.2) is 16.4 Å². The Morgan fingerprint density at radius 3 is 2.69 bits per heavy atom. The lowest BCUT2D eigenvalue weighted by molar-refractivity contribution is -0.137. The van der Waals surface area contributed by atoms with E-state index in [1.54, 1.807) is 0 Å². The van der Waals surface area contributed by atoms with Crippen LogP contribution >= 0.6 is 0 Å². The second-order valence-corrected chi connectivity index (χ2v) is 2.18. The van der Waals surface area contributed by atoms with E-state index in [-0.39, 0.29) is 0 Å². The molecule has 13 heavy (non-hydrogen) atoms. The zero-order chi connectivity index (χ0) is 9.90. The SMILES string of the molecule is ON=Cc1ncccc1C(F)(F)F. The molecule has 0 unspecified atom stereocenters. The van der Waals surface area contributed by atoms with E-state index in [0.29, 0.717) is 6.21 Å². The highest BCUT2D eigenvalue weighted by Gasteiger charge is 2.33. The first-order valence-electron chi connectivity index (χ1n) is 3.25. The van der Waals surface area contributed by atoms with Gasteiger partial charge in [-0.2, -0.15) is 13.2 Å². The van der Waals surface area contributed by atoms with Gasteiger partial charge in [0.2, 0.25) is 0 Å². The average molecular weight is 190 g/mol. The summed E-state index contributed by atoms with van der Waals surface area (Å²) in [5.74, 6) is 0. The summed E-state index contributed by atoms with van der Waals surface area (Å²) in [6.45, 7) is 0. The molecule has 0 spiro atoms. The van der Waals surface area contributed by atoms with E-state index < -0.39 is 17.4 Å². The third-order valence-electron chi connectivity index (χ3n) is 1.32. The summed E-state index contributed by atoms with van der Waals surface area (Å²) in [6, 6.07) is 2.03. The molecule has 0 saturated carbocycles. The minimum absolute atomic E-state index is 0.405. The number of rotatable bonds is 1. The molecule has 1 aromatic heterocycles. The molecule has 1 N–H and O–H groups in total. The molecular weight excluding hydrogens is 185 g/mol. The lowest BCUT2D eigenvalue weighted by Crippen LogP contribution is -2.10. The normalized spacial score (nSPS) is 12.2. The molecule has 0 bridgehead atoms. The Balaban J connectivity index is 3.20. The van der Waals surface area contributed by atoms with Gasteiger partial charge in [0.25, 0.3) is 0 Å². The fourth-order valence-electron chi connectivity index (χ4n) is 0.815. The van der Waals surface area contributed by atoms with E-state index in [4.69, 9.17) is 5.21 Å². The van der Waals surface area contributed by atoms with Crippen LogP contribution in [-0.2, 0) is 6.18 Å². The predicted octanol–water partition coefficient (Wildman–Crippen LogP) is 1.91. The summed E-state index contributed by atoms with van der Waals surface area (Å²) in [5.41, 5.74) is -1.33. The van der Waals surface area contributed by atoms with Crippen molar-refractivity contribution in [2.45, 2.75) is 6.18 Å². The standard InChI is InChI=1S/C7H5F3N2O/c8-7(9,10)5-2-1-3-11-6(5)4-12-13/h1-4,13H. The van der Waals surface area contributed by atoms with Crippen LogP contribution in [0.5, 0.6) is 0 Å². The van der Waals surface area contributed by atoms with Crippen molar-refractivity contribution in [3.05, 3.63) is 29.6 Å². The van der Waals surface area contributed by atoms with Gasteiger partial charge in [0, 0.05) is 6.20 Å². The van der Waals surface area contributed by atoms with E-state index in [1.165, 1.54) is 6.20 Å². The van der Waals surface area contributed by atoms with Crippen LogP contribution in [0.4, 0.5) is 13.2 Å². The predicted molar refractivity (Wildman–Crippen MR) is 38.6 cm³/mol. The molecule has 1 rings (SSSR count). The number of hydrogen-bond acceptors (Lipinski definition) is 3. The molecule has 0 fully saturated rings. The van der Waals surface area contributed by atoms with Crippen LogP contribution in [0.25, 0.3) is 0 Å². The maximum atomic E-state index is 12.2. The van der Waals surface area contributed by atoms with Gasteiger partial charge in [-0.05, 0) is 12.1 Å². The molecule has 0 aliphatic heterocycles. The third-order valence-corrected chi connectivity index (χ3v) is 1.32. The Bertz CT molecular complexity index is 322. The first-order valence-corrected chi connectivity index (χ1v) is 3.25. The van der Waals surface area contributed by atoms with Gasteiger partial charge in [-0.1, -0.05) is 5.16 Å². The Morgan fingerprint density at radius 1 is 1.46 bits per heavy atom. The highest BCUT2D eigenvalue weighted by molar-refractivity contribution is 5.78. The van der Waals surface area contributed by atoms with Crippen molar-refractivity contribution in [2.75, 3.05) is 0 Å². The molecule has 1 heterocycles. The second-order valence-electron chi connectivity index (χ2n) is 2.18. The molecule has 70 valence electrons. The van der Waals surface area contributed by atoms with Gasteiger partial charge in [-0.15, -0.1) is 0 Å². The van der Waals surface area contributed by atoms with Crippen molar-refractivity contribution >= 4 is 6.21 Å². The first kappa shape index (κ1) is 9.50. The number of halogens is 3. The van der Waals surface area contributed by atoms with Gasteiger partial charge in [0.15, 0.2) is 0 Å². The van der Waals surface area contributed by atoms with Crippen molar-refractivity contribution in [3.63, 3.8) is 0 Å². The smallest absolute Gasteiger partial charge is 0.411 e. The Morgan fingerprint density at radius 2 is 2.15 bits per heavy atom. The van der Waals surface area contributed by atoms with Gasteiger partial charge in [-0.3, -0.25) is 4.98 Å². The van der Waals surface area contributed by atoms with Crippen LogP contribution in [0, 0.1) is 0 Å². The molecule has 0 aliphatic rings. The van der Waals surface area contributed by atoms with Crippen molar-refractivity contribution < 1.29 is 18.4 Å². The number of hydrogen-bond donors (Lipinski definition) is 1. The molecule has 0 aliphatic carbocycles. The molecule has 0 saturated heterocycles. The summed E-state index contributed by atoms with van der Waals surface area (Å²) in [6.07, 6.45) is -2.65. The largest absolute Gasteiger partial charge is 0.418 e. The van der Waals surface area contributed by atoms with E-state index in [2.05, 4.69) is 10.1 Å². The molecule has 0 aromatic carbocycles. The van der Waals surface area contributed by atoms with Crippen molar-refractivity contribution in [3.8, 4) is 0 Å². The number of alkyl halides is 3. The molecule has 0 atom stereocenters. The Hall–Kier alpha value is -1.59. The van der Waals surface area contributed by atoms with Crippen LogP contribution < -0.4 is 0 Å². The van der Waals surface area contributed by atoms with Crippen molar-refractivity contribution in [2.24, 2.45) is 5.16 Å². The first-order chi connectivity index (χ1) is 6.05. The van der Waals surface area contributed by atoms with Crippen LogP contribution in [0.3, 0.4) is 0 Å². The van der Waals surface area contributed by atoms with E-state index in [1.807, 2.05) is 0 Å². The summed E-state index contributed by atoms with van der Waals surface area (Å²) in [5, 5.41) is 10.6. The van der Waals surface area contributed by atoms with E-state index >= 15 is 0 Å². The van der Waals surface area contributed by atoms with Crippen LogP contribution in [0.2, 0.25) is 0 Å². The monoisotopic (exact) mass is 190 g/mol. The number of pyridine rings is 1. The quantitative estimate of drug-likeness (QED) is 0.417. The van der Waals surface area contributed by atoms with Gasteiger partial charge < -0.3 is 5.21 Å². The molecule has 3 nitrogen and oxygen atoms in total. The second kappa shape index (κ2) is 3.42. The zero-order valence-corrected chi connectivity index (χ0v) is 6.28. The van der Waals surface area contributed by atoms with Crippen LogP contribution in [0.15, 0.2) is 23.5 Å². The van der Waals surface area contributed by atoms with E-state index in [0.717, 1.165) is 12.1 Å². The van der Waals surface area contributed by atoms with Crippen molar-refractivity contribution in [1.29, 1.82) is 0 Å². The maximum Gasteiger partial charge on any atom is 0.418 e. The molecule has 6 heteroatoms. The minimum atomic E-state index is -4.48. The summed E-state index contributed by atoms with van der Waals surface area (Å²) in [4.78, 5) is 3.41.